The van der Waals surface area contributed by atoms with E-state index in [2.05, 4.69) is 0 Å². The zero-order valence-corrected chi connectivity index (χ0v) is 10.3. The van der Waals surface area contributed by atoms with E-state index in [-0.39, 0.29) is 35.1 Å². The van der Waals surface area contributed by atoms with E-state index >= 15 is 0 Å². The summed E-state index contributed by atoms with van der Waals surface area (Å²) in [7, 11) is 0. The maximum Gasteiger partial charge on any atom is 0.0629 e. The Bertz CT molecular complexity index is 718. The highest BCUT2D eigenvalue weighted by atomic mass is 14.6. The highest BCUT2D eigenvalue weighted by Gasteiger charge is 2.15. The molecule has 2 aromatic rings. The van der Waals surface area contributed by atoms with E-state index in [9.17, 15) is 0 Å². The predicted molar refractivity (Wildman–Crippen MR) is 75.0 cm³/mol. The average molecular weight is 230 g/mol. The summed E-state index contributed by atoms with van der Waals surface area (Å²) in [5.74, 6) is 0. The lowest BCUT2D eigenvalue weighted by Crippen LogP contribution is -2.11. The largest absolute Gasteiger partial charge is 0.398 e. The summed E-state index contributed by atoms with van der Waals surface area (Å²) >= 11 is 0. The van der Waals surface area contributed by atoms with Crippen molar-refractivity contribution in [3.05, 3.63) is 54.0 Å². The van der Waals surface area contributed by atoms with E-state index in [1.807, 2.05) is 32.9 Å². The van der Waals surface area contributed by atoms with E-state index in [0.29, 0.717) is 11.3 Å². The first kappa shape index (κ1) is 6.85. The molecule has 1 heteroatoms. The molecule has 88 valence electrons. The first-order valence-corrected chi connectivity index (χ1v) is 5.53. The van der Waals surface area contributed by atoms with Crippen molar-refractivity contribution < 1.29 is 6.85 Å². The summed E-state index contributed by atoms with van der Waals surface area (Å²) in [4.78, 5) is 0. The van der Waals surface area contributed by atoms with Gasteiger partial charge in [0.15, 0.2) is 0 Å². The molecule has 0 amide bonds. The maximum atomic E-state index is 8.07. The van der Waals surface area contributed by atoms with Gasteiger partial charge in [-0.15, -0.1) is 0 Å². The predicted octanol–water partition coefficient (Wildman–Crippen LogP) is 4.23. The first-order chi connectivity index (χ1) is 10.1. The molecule has 0 aromatic heterocycles. The molecule has 1 nitrogen and oxygen atoms in total. The highest BCUT2D eigenvalue weighted by Crippen LogP contribution is 2.31. The molecule has 0 atom stereocenters. The molecule has 0 aliphatic carbocycles. The molecule has 0 unspecified atom stereocenters. The monoisotopic (exact) mass is 230 g/mol. The summed E-state index contributed by atoms with van der Waals surface area (Å²) in [5.41, 5.74) is 7.88. The Kier molecular flexibility index (Phi) is 1.71. The van der Waals surface area contributed by atoms with E-state index in [0.717, 1.165) is 5.56 Å². The Labute approximate surface area is 110 Å². The minimum atomic E-state index is -0.399. The van der Waals surface area contributed by atoms with Crippen LogP contribution in [0.25, 0.3) is 11.1 Å². The van der Waals surface area contributed by atoms with Gasteiger partial charge in [0.25, 0.3) is 0 Å². The number of hydrogen-bond donors (Lipinski definition) is 1. The highest BCUT2D eigenvalue weighted by molar-refractivity contribution is 5.77. The van der Waals surface area contributed by atoms with Crippen LogP contribution in [-0.4, -0.2) is 0 Å². The molecule has 2 rings (SSSR count). The maximum absolute atomic E-state index is 8.07. The van der Waals surface area contributed by atoms with Gasteiger partial charge in [-0.05, 0) is 28.7 Å². The number of nitrogen functional groups attached to an aromatic ring is 1. The van der Waals surface area contributed by atoms with Crippen LogP contribution in [-0.2, 0) is 5.41 Å². The van der Waals surface area contributed by atoms with E-state index < -0.39 is 6.04 Å². The topological polar surface area (TPSA) is 26.0 Å². The number of hydrogen-bond acceptors (Lipinski definition) is 1. The minimum Gasteiger partial charge on any atom is -0.398 e. The van der Waals surface area contributed by atoms with Crippen molar-refractivity contribution in [2.75, 3.05) is 5.73 Å². The van der Waals surface area contributed by atoms with Crippen LogP contribution in [0.4, 0.5) is 5.69 Å². The van der Waals surface area contributed by atoms with E-state index in [1.165, 1.54) is 0 Å². The van der Waals surface area contributed by atoms with E-state index in [1.54, 1.807) is 6.07 Å². The molecule has 17 heavy (non-hydrogen) atoms. The number of benzene rings is 2. The molecule has 0 saturated carbocycles. The molecule has 0 heterocycles. The molecule has 2 aromatic carbocycles. The second-order valence-electron chi connectivity index (χ2n) is 5.05. The normalized spacial score (nSPS) is 15.6. The van der Waals surface area contributed by atoms with Crippen molar-refractivity contribution in [1.82, 2.24) is 0 Å². The summed E-state index contributed by atoms with van der Waals surface area (Å²) in [6.07, 6.45) is 0. The summed E-state index contributed by atoms with van der Waals surface area (Å²) in [6, 6.07) is 3.86. The van der Waals surface area contributed by atoms with Gasteiger partial charge in [-0.3, -0.25) is 0 Å². The van der Waals surface area contributed by atoms with Gasteiger partial charge in [0, 0.05) is 11.3 Å². The molecule has 0 radical (unpaired) electrons. The molecule has 0 fully saturated rings. The van der Waals surface area contributed by atoms with Crippen molar-refractivity contribution in [3.8, 4) is 11.1 Å². The Balaban J connectivity index is 2.83. The van der Waals surface area contributed by atoms with Gasteiger partial charge in [-0.1, -0.05) is 57.0 Å². The van der Waals surface area contributed by atoms with Crippen LogP contribution in [0.15, 0.2) is 48.4 Å². The quantitative estimate of drug-likeness (QED) is 0.729. The van der Waals surface area contributed by atoms with Crippen molar-refractivity contribution in [2.24, 2.45) is 0 Å². The SMILES string of the molecule is [2H]c1c([2H])c([2H])c(-c2cc(C(C)(C)C)ccc2N)c([2H])c1[2H]. The summed E-state index contributed by atoms with van der Waals surface area (Å²) in [6.45, 7) is 6.14. The third kappa shape index (κ3) is 2.50. The zero-order valence-electron chi connectivity index (χ0n) is 15.3. The Morgan fingerprint density at radius 1 is 1.06 bits per heavy atom. The molecular weight excluding hydrogens is 206 g/mol. The van der Waals surface area contributed by atoms with Crippen LogP contribution >= 0.6 is 0 Å². The second-order valence-corrected chi connectivity index (χ2v) is 5.05. The zero-order chi connectivity index (χ0) is 16.8. The molecular formula is C16H19N. The lowest BCUT2D eigenvalue weighted by Gasteiger charge is -2.20. The summed E-state index contributed by atoms with van der Waals surface area (Å²) in [5, 5.41) is 0. The van der Waals surface area contributed by atoms with Gasteiger partial charge in [0.1, 0.15) is 0 Å². The van der Waals surface area contributed by atoms with Crippen LogP contribution < -0.4 is 5.73 Å². The van der Waals surface area contributed by atoms with Crippen LogP contribution in [0.3, 0.4) is 0 Å². The molecule has 0 spiro atoms. The number of rotatable bonds is 1. The lowest BCUT2D eigenvalue weighted by atomic mass is 9.85. The van der Waals surface area contributed by atoms with Gasteiger partial charge < -0.3 is 5.73 Å². The minimum absolute atomic E-state index is 0.129. The van der Waals surface area contributed by atoms with Crippen molar-refractivity contribution in [3.63, 3.8) is 0 Å². The van der Waals surface area contributed by atoms with Crippen molar-refractivity contribution >= 4 is 5.69 Å². The third-order valence-corrected chi connectivity index (χ3v) is 2.69. The number of anilines is 1. The molecule has 2 N–H and O–H groups in total. The van der Waals surface area contributed by atoms with Gasteiger partial charge >= 0.3 is 0 Å². The Hall–Kier alpha value is -1.76. The van der Waals surface area contributed by atoms with E-state index in [4.69, 9.17) is 12.6 Å². The summed E-state index contributed by atoms with van der Waals surface area (Å²) < 4.78 is 39.4. The smallest absolute Gasteiger partial charge is 0.0629 e. The average Bonchev–Trinajstić information content (AvgIpc) is 2.44. The second kappa shape index (κ2) is 4.25. The Morgan fingerprint density at radius 2 is 1.71 bits per heavy atom. The van der Waals surface area contributed by atoms with Crippen molar-refractivity contribution in [2.45, 2.75) is 26.2 Å². The fraction of sp³-hybridized carbons (Fsp3) is 0.250. The van der Waals surface area contributed by atoms with Crippen LogP contribution in [0, 0.1) is 0 Å². The van der Waals surface area contributed by atoms with Crippen molar-refractivity contribution in [1.29, 1.82) is 0 Å². The standard InChI is InChI=1S/C16H19N/c1-16(2,3)13-9-10-15(17)14(11-13)12-7-5-4-6-8-12/h4-11H,17H2,1-3H3/i4D,5D,6D,7D,8D. The first-order valence-electron chi connectivity index (χ1n) is 8.03. The number of nitrogens with two attached hydrogens (primary N) is 1. The lowest BCUT2D eigenvalue weighted by molar-refractivity contribution is 0.590. The fourth-order valence-electron chi connectivity index (χ4n) is 1.62. The third-order valence-electron chi connectivity index (χ3n) is 2.69. The van der Waals surface area contributed by atoms with Crippen LogP contribution in [0.1, 0.15) is 33.2 Å². The fourth-order valence-corrected chi connectivity index (χ4v) is 1.62. The molecule has 0 aliphatic rings. The van der Waals surface area contributed by atoms with Crippen LogP contribution in [0.5, 0.6) is 0 Å². The molecule has 0 aliphatic heterocycles. The van der Waals surface area contributed by atoms with Gasteiger partial charge in [0.2, 0.25) is 0 Å². The Morgan fingerprint density at radius 3 is 2.29 bits per heavy atom. The van der Waals surface area contributed by atoms with Crippen LogP contribution in [0.2, 0.25) is 0 Å². The van der Waals surface area contributed by atoms with Gasteiger partial charge in [-0.2, -0.15) is 0 Å². The van der Waals surface area contributed by atoms with Gasteiger partial charge in [0.05, 0.1) is 6.85 Å². The molecule has 0 bridgehead atoms. The molecule has 0 saturated heterocycles. The van der Waals surface area contributed by atoms with Gasteiger partial charge in [-0.25, -0.2) is 0 Å².